The van der Waals surface area contributed by atoms with Gasteiger partial charge < -0.3 is 4.57 Å². The zero-order valence-electron chi connectivity index (χ0n) is 18.6. The molecule has 2 heteroatoms. The van der Waals surface area contributed by atoms with E-state index in [1.165, 1.54) is 23.2 Å². The number of hydrogen-bond donors (Lipinski definition) is 0. The fraction of sp³-hybridized carbons (Fsp3) is 0.625. The minimum absolute atomic E-state index is 0.0159. The highest BCUT2D eigenvalue weighted by Crippen LogP contribution is 2.50. The van der Waals surface area contributed by atoms with E-state index in [4.69, 9.17) is 4.98 Å². The largest absolute Gasteiger partial charge is 0.322 e. The predicted octanol–water partition coefficient (Wildman–Crippen LogP) is 6.88. The van der Waals surface area contributed by atoms with Gasteiger partial charge in [0.1, 0.15) is 5.82 Å². The van der Waals surface area contributed by atoms with Crippen LogP contribution in [0.5, 0.6) is 0 Å². The minimum atomic E-state index is 0.0159. The van der Waals surface area contributed by atoms with E-state index in [2.05, 4.69) is 98.1 Å². The first-order valence-electron chi connectivity index (χ1n) is 10.1. The molecule has 0 amide bonds. The Bertz CT molecular complexity index is 763. The van der Waals surface area contributed by atoms with Crippen LogP contribution in [0.4, 0.5) is 0 Å². The number of aryl methyl sites for hydroxylation is 1. The fourth-order valence-corrected chi connectivity index (χ4v) is 3.78. The summed E-state index contributed by atoms with van der Waals surface area (Å²) in [5.41, 5.74) is 5.19. The second-order valence-corrected chi connectivity index (χ2v) is 9.30. The summed E-state index contributed by atoms with van der Waals surface area (Å²) < 4.78 is 2.42. The van der Waals surface area contributed by atoms with Crippen molar-refractivity contribution in [1.29, 1.82) is 0 Å². The van der Waals surface area contributed by atoms with Gasteiger partial charge in [0.05, 0.1) is 5.69 Å². The van der Waals surface area contributed by atoms with Gasteiger partial charge in [-0.2, -0.15) is 0 Å². The lowest BCUT2D eigenvalue weighted by Gasteiger charge is -2.48. The van der Waals surface area contributed by atoms with Crippen LogP contribution in [0.25, 0.3) is 11.4 Å². The number of nitrogens with zero attached hydrogens (tertiary/aromatic N) is 2. The first-order valence-corrected chi connectivity index (χ1v) is 10.1. The van der Waals surface area contributed by atoms with Gasteiger partial charge in [-0.15, -0.1) is 0 Å². The van der Waals surface area contributed by atoms with Gasteiger partial charge >= 0.3 is 0 Å². The molecule has 0 aliphatic carbocycles. The standard InChI is InChI=1S/C17H22N2.C7H16/c1-11-12(2)19-15(18-11)13-9-7-8-10-14(13)16(3,4)17(19,5)6;1-5-7(4)6(2)3/h7-10H,1-6H3;6-7H,5H2,1-4H3. The van der Waals surface area contributed by atoms with Crippen LogP contribution in [0.1, 0.15) is 78.8 Å². The minimum Gasteiger partial charge on any atom is -0.322 e. The third-order valence-electron chi connectivity index (χ3n) is 7.06. The normalized spacial score (nSPS) is 17.8. The van der Waals surface area contributed by atoms with E-state index < -0.39 is 0 Å². The third-order valence-corrected chi connectivity index (χ3v) is 7.06. The van der Waals surface area contributed by atoms with Crippen LogP contribution in [0.2, 0.25) is 0 Å². The maximum atomic E-state index is 4.82. The molecule has 1 aliphatic heterocycles. The van der Waals surface area contributed by atoms with Gasteiger partial charge in [-0.05, 0) is 45.1 Å². The van der Waals surface area contributed by atoms with Gasteiger partial charge in [0.15, 0.2) is 0 Å². The number of aromatic nitrogens is 2. The fourth-order valence-electron chi connectivity index (χ4n) is 3.78. The maximum absolute atomic E-state index is 4.82. The summed E-state index contributed by atoms with van der Waals surface area (Å²) in [7, 11) is 0. The molecule has 0 radical (unpaired) electrons. The van der Waals surface area contributed by atoms with Crippen molar-refractivity contribution in [3.05, 3.63) is 41.2 Å². The third kappa shape index (κ3) is 3.23. The van der Waals surface area contributed by atoms with E-state index in [1.807, 2.05) is 0 Å². The number of rotatable bonds is 2. The second-order valence-electron chi connectivity index (χ2n) is 9.30. The summed E-state index contributed by atoms with van der Waals surface area (Å²) in [4.78, 5) is 4.82. The maximum Gasteiger partial charge on any atom is 0.141 e. The molecule has 1 aromatic carbocycles. The molecule has 1 aromatic heterocycles. The van der Waals surface area contributed by atoms with Gasteiger partial charge in [0.2, 0.25) is 0 Å². The Kier molecular flexibility index (Phi) is 5.75. The topological polar surface area (TPSA) is 17.8 Å². The Hall–Kier alpha value is -1.57. The van der Waals surface area contributed by atoms with Gasteiger partial charge in [0, 0.05) is 22.2 Å². The summed E-state index contributed by atoms with van der Waals surface area (Å²) >= 11 is 0. The Balaban J connectivity index is 0.000000298. The van der Waals surface area contributed by atoms with Crippen LogP contribution in [-0.4, -0.2) is 9.55 Å². The van der Waals surface area contributed by atoms with E-state index in [-0.39, 0.29) is 11.0 Å². The highest BCUT2D eigenvalue weighted by atomic mass is 15.2. The Morgan fingerprint density at radius 3 is 2.08 bits per heavy atom. The van der Waals surface area contributed by atoms with Gasteiger partial charge in [-0.1, -0.05) is 72.2 Å². The molecule has 144 valence electrons. The number of hydrogen-bond acceptors (Lipinski definition) is 1. The van der Waals surface area contributed by atoms with Gasteiger partial charge in [0.25, 0.3) is 0 Å². The molecule has 0 fully saturated rings. The molecular weight excluding hydrogens is 316 g/mol. The molecule has 2 aromatic rings. The predicted molar refractivity (Wildman–Crippen MR) is 114 cm³/mol. The van der Waals surface area contributed by atoms with Crippen LogP contribution < -0.4 is 0 Å². The Morgan fingerprint density at radius 2 is 1.58 bits per heavy atom. The van der Waals surface area contributed by atoms with E-state index in [9.17, 15) is 0 Å². The van der Waals surface area contributed by atoms with Crippen LogP contribution >= 0.6 is 0 Å². The van der Waals surface area contributed by atoms with Crippen LogP contribution in [0, 0.1) is 25.7 Å². The highest BCUT2D eigenvalue weighted by molar-refractivity contribution is 5.67. The zero-order chi connectivity index (χ0) is 19.9. The van der Waals surface area contributed by atoms with Crippen molar-refractivity contribution in [2.75, 3.05) is 0 Å². The molecule has 0 N–H and O–H groups in total. The molecule has 0 spiro atoms. The van der Waals surface area contributed by atoms with Crippen molar-refractivity contribution in [3.63, 3.8) is 0 Å². The van der Waals surface area contributed by atoms with E-state index >= 15 is 0 Å². The van der Waals surface area contributed by atoms with Crippen molar-refractivity contribution < 1.29 is 0 Å². The lowest BCUT2D eigenvalue weighted by atomic mass is 9.66. The molecule has 0 saturated carbocycles. The van der Waals surface area contributed by atoms with E-state index in [0.717, 1.165) is 23.4 Å². The molecule has 1 aliphatic rings. The molecule has 2 heterocycles. The smallest absolute Gasteiger partial charge is 0.141 e. The highest BCUT2D eigenvalue weighted by Gasteiger charge is 2.47. The molecule has 2 nitrogen and oxygen atoms in total. The summed E-state index contributed by atoms with van der Waals surface area (Å²) in [6.45, 7) is 22.7. The number of fused-ring (bicyclic) bond motifs is 3. The van der Waals surface area contributed by atoms with Crippen molar-refractivity contribution in [1.82, 2.24) is 9.55 Å². The van der Waals surface area contributed by atoms with Crippen LogP contribution in [0.15, 0.2) is 24.3 Å². The lowest BCUT2D eigenvalue weighted by molar-refractivity contribution is 0.192. The molecule has 0 bridgehead atoms. The summed E-state index contributed by atoms with van der Waals surface area (Å²) in [6, 6.07) is 8.69. The van der Waals surface area contributed by atoms with Gasteiger partial charge in [-0.25, -0.2) is 4.98 Å². The van der Waals surface area contributed by atoms with E-state index in [0.29, 0.717) is 0 Å². The monoisotopic (exact) mass is 354 g/mol. The number of imidazole rings is 1. The molecule has 26 heavy (non-hydrogen) atoms. The summed E-state index contributed by atoms with van der Waals surface area (Å²) in [5.74, 6) is 2.89. The molecule has 1 unspecified atom stereocenters. The van der Waals surface area contributed by atoms with Gasteiger partial charge in [-0.3, -0.25) is 0 Å². The zero-order valence-corrected chi connectivity index (χ0v) is 18.6. The van der Waals surface area contributed by atoms with Crippen molar-refractivity contribution in [3.8, 4) is 11.4 Å². The molecular formula is C24H38N2. The number of benzene rings is 1. The molecule has 1 atom stereocenters. The van der Waals surface area contributed by atoms with Crippen LogP contribution in [-0.2, 0) is 11.0 Å². The quantitative estimate of drug-likeness (QED) is 0.574. The Labute approximate surface area is 161 Å². The molecule has 0 saturated heterocycles. The summed E-state index contributed by atoms with van der Waals surface area (Å²) in [5, 5.41) is 0. The summed E-state index contributed by atoms with van der Waals surface area (Å²) in [6.07, 6.45) is 1.32. The lowest BCUT2D eigenvalue weighted by Crippen LogP contribution is -2.48. The SMILES string of the molecule is CCC(C)C(C)C.Cc1nc2n(c1C)C(C)(C)C(C)(C)c1ccccc1-2. The van der Waals surface area contributed by atoms with Crippen molar-refractivity contribution >= 4 is 0 Å². The average Bonchev–Trinajstić information content (AvgIpc) is 2.89. The second kappa shape index (κ2) is 7.21. The van der Waals surface area contributed by atoms with Crippen LogP contribution in [0.3, 0.4) is 0 Å². The first-order chi connectivity index (χ1) is 12.0. The van der Waals surface area contributed by atoms with Crippen molar-refractivity contribution in [2.45, 2.75) is 86.6 Å². The van der Waals surface area contributed by atoms with E-state index in [1.54, 1.807) is 0 Å². The first kappa shape index (κ1) is 20.7. The van der Waals surface area contributed by atoms with Crippen molar-refractivity contribution in [2.24, 2.45) is 11.8 Å². The Morgan fingerprint density at radius 1 is 1.00 bits per heavy atom. The average molecular weight is 355 g/mol. The molecule has 3 rings (SSSR count).